The van der Waals surface area contributed by atoms with Crippen LogP contribution in [0.1, 0.15) is 39.3 Å². The van der Waals surface area contributed by atoms with Crippen LogP contribution in [0, 0.1) is 12.7 Å². The second-order valence-corrected chi connectivity index (χ2v) is 8.67. The fourth-order valence-electron chi connectivity index (χ4n) is 4.51. The average molecular weight is 460 g/mol. The summed E-state index contributed by atoms with van der Waals surface area (Å²) in [6.45, 7) is 3.97. The Hall–Kier alpha value is -3.85. The van der Waals surface area contributed by atoms with Gasteiger partial charge in [-0.2, -0.15) is 0 Å². The Morgan fingerprint density at radius 1 is 1.21 bits per heavy atom. The Morgan fingerprint density at radius 3 is 2.85 bits per heavy atom. The average Bonchev–Trinajstić information content (AvgIpc) is 3.01. The number of hydrogen-bond acceptors (Lipinski definition) is 6. The molecule has 9 heteroatoms. The molecule has 1 aliphatic rings. The monoisotopic (exact) mass is 459 g/mol. The zero-order valence-electron chi connectivity index (χ0n) is 19.2. The molecule has 4 heterocycles. The highest BCUT2D eigenvalue weighted by Crippen LogP contribution is 2.30. The molecule has 0 unspecified atom stereocenters. The first-order valence-electron chi connectivity index (χ1n) is 11.2. The number of primary amides is 1. The van der Waals surface area contributed by atoms with Crippen LogP contribution in [-0.2, 0) is 19.5 Å². The van der Waals surface area contributed by atoms with Crippen LogP contribution in [0.15, 0.2) is 42.6 Å². The molecule has 5 rings (SSSR count). The van der Waals surface area contributed by atoms with Gasteiger partial charge in [-0.3, -0.25) is 9.20 Å². The van der Waals surface area contributed by atoms with E-state index >= 15 is 0 Å². The van der Waals surface area contributed by atoms with Crippen molar-refractivity contribution in [3.8, 4) is 11.5 Å². The van der Waals surface area contributed by atoms with Crippen molar-refractivity contribution in [2.75, 3.05) is 18.9 Å². The predicted molar refractivity (Wildman–Crippen MR) is 128 cm³/mol. The SMILES string of the molecule is Cc1nc2c(C(N)=O)cccn2c1-c1nc2c(c(NCc3cccc(F)c3)n1)CCCN(C)C2. The van der Waals surface area contributed by atoms with Gasteiger partial charge < -0.3 is 16.0 Å². The topological polar surface area (TPSA) is 101 Å². The third-order valence-electron chi connectivity index (χ3n) is 6.13. The van der Waals surface area contributed by atoms with Gasteiger partial charge in [0, 0.05) is 24.8 Å². The van der Waals surface area contributed by atoms with Crippen LogP contribution in [0.25, 0.3) is 17.2 Å². The van der Waals surface area contributed by atoms with Gasteiger partial charge in [0.15, 0.2) is 5.82 Å². The maximum Gasteiger partial charge on any atom is 0.252 e. The summed E-state index contributed by atoms with van der Waals surface area (Å²) in [5.41, 5.74) is 10.7. The first-order valence-corrected chi connectivity index (χ1v) is 11.2. The number of imidazole rings is 1. The number of halogens is 1. The van der Waals surface area contributed by atoms with E-state index in [0.29, 0.717) is 41.5 Å². The molecule has 0 aliphatic carbocycles. The first-order chi connectivity index (χ1) is 16.4. The van der Waals surface area contributed by atoms with Crippen molar-refractivity contribution in [3.05, 3.63) is 76.5 Å². The number of aryl methyl sites for hydroxylation is 1. The summed E-state index contributed by atoms with van der Waals surface area (Å²) >= 11 is 0. The Bertz CT molecular complexity index is 1400. The molecule has 0 bridgehead atoms. The van der Waals surface area contributed by atoms with E-state index in [9.17, 15) is 9.18 Å². The summed E-state index contributed by atoms with van der Waals surface area (Å²) < 4.78 is 15.5. The number of hydrogen-bond donors (Lipinski definition) is 2. The molecule has 3 aromatic heterocycles. The number of rotatable bonds is 5. The summed E-state index contributed by atoms with van der Waals surface area (Å²) in [6, 6.07) is 9.95. The van der Waals surface area contributed by atoms with Gasteiger partial charge in [0.05, 0.1) is 17.0 Å². The summed E-state index contributed by atoms with van der Waals surface area (Å²) in [4.78, 5) is 28.6. The van der Waals surface area contributed by atoms with Crippen LogP contribution >= 0.6 is 0 Å². The summed E-state index contributed by atoms with van der Waals surface area (Å²) in [6.07, 6.45) is 3.68. The molecule has 8 nitrogen and oxygen atoms in total. The van der Waals surface area contributed by atoms with E-state index in [4.69, 9.17) is 15.7 Å². The fraction of sp³-hybridized carbons (Fsp3) is 0.280. The van der Waals surface area contributed by atoms with E-state index < -0.39 is 5.91 Å². The summed E-state index contributed by atoms with van der Waals surface area (Å²) in [5, 5.41) is 3.42. The maximum atomic E-state index is 13.7. The first kappa shape index (κ1) is 22.0. The van der Waals surface area contributed by atoms with Gasteiger partial charge in [-0.1, -0.05) is 12.1 Å². The molecule has 0 radical (unpaired) electrons. The van der Waals surface area contributed by atoms with Crippen LogP contribution in [0.3, 0.4) is 0 Å². The van der Waals surface area contributed by atoms with Crippen molar-refractivity contribution in [1.29, 1.82) is 0 Å². The minimum atomic E-state index is -0.538. The van der Waals surface area contributed by atoms with Gasteiger partial charge in [-0.05, 0) is 63.2 Å². The van der Waals surface area contributed by atoms with E-state index in [-0.39, 0.29) is 5.82 Å². The zero-order chi connectivity index (χ0) is 23.8. The summed E-state index contributed by atoms with van der Waals surface area (Å²) in [5.74, 6) is 0.446. The van der Waals surface area contributed by atoms with Crippen LogP contribution in [0.5, 0.6) is 0 Å². The predicted octanol–water partition coefficient (Wildman–Crippen LogP) is 3.33. The number of nitrogens with two attached hydrogens (primary N) is 1. The van der Waals surface area contributed by atoms with Crippen molar-refractivity contribution >= 4 is 17.4 Å². The Labute approximate surface area is 196 Å². The number of fused-ring (bicyclic) bond motifs is 2. The van der Waals surface area contributed by atoms with Crippen molar-refractivity contribution in [2.24, 2.45) is 5.73 Å². The largest absolute Gasteiger partial charge is 0.366 e. The molecule has 3 N–H and O–H groups in total. The van der Waals surface area contributed by atoms with Gasteiger partial charge in [0.25, 0.3) is 5.91 Å². The molecule has 4 aromatic rings. The van der Waals surface area contributed by atoms with Crippen LogP contribution < -0.4 is 11.1 Å². The lowest BCUT2D eigenvalue weighted by Crippen LogP contribution is -2.18. The standard InChI is InChI=1S/C25H26FN7O/c1-15-21(33-11-5-9-19(22(27)34)25(33)29-15)24-30-20-14-32(2)10-4-8-18(20)23(31-24)28-13-16-6-3-7-17(26)12-16/h3,5-7,9,11-12H,4,8,10,13-14H2,1-2H3,(H2,27,34)(H,28,30,31). The van der Waals surface area contributed by atoms with Crippen LogP contribution in [-0.4, -0.2) is 43.8 Å². The van der Waals surface area contributed by atoms with Gasteiger partial charge in [-0.25, -0.2) is 19.3 Å². The van der Waals surface area contributed by atoms with Gasteiger partial charge in [0.1, 0.15) is 23.0 Å². The van der Waals surface area contributed by atoms with Crippen molar-refractivity contribution in [2.45, 2.75) is 32.9 Å². The molecule has 1 amide bonds. The smallest absolute Gasteiger partial charge is 0.252 e. The minimum Gasteiger partial charge on any atom is -0.366 e. The van der Waals surface area contributed by atoms with E-state index in [0.717, 1.165) is 42.0 Å². The third-order valence-corrected chi connectivity index (χ3v) is 6.13. The van der Waals surface area contributed by atoms with E-state index in [1.807, 2.05) is 23.6 Å². The van der Waals surface area contributed by atoms with E-state index in [1.165, 1.54) is 12.1 Å². The highest BCUT2D eigenvalue weighted by molar-refractivity contribution is 5.99. The lowest BCUT2D eigenvalue weighted by atomic mass is 10.1. The molecular weight excluding hydrogens is 433 g/mol. The van der Waals surface area contributed by atoms with Crippen molar-refractivity contribution in [3.63, 3.8) is 0 Å². The summed E-state index contributed by atoms with van der Waals surface area (Å²) in [7, 11) is 2.08. The lowest BCUT2D eigenvalue weighted by molar-refractivity contribution is 0.100. The molecular formula is C25H26FN7O. The number of pyridine rings is 1. The van der Waals surface area contributed by atoms with E-state index in [1.54, 1.807) is 18.2 Å². The maximum absolute atomic E-state index is 13.7. The molecule has 0 fully saturated rings. The normalized spacial score (nSPS) is 14.1. The number of anilines is 1. The van der Waals surface area contributed by atoms with Crippen molar-refractivity contribution in [1.82, 2.24) is 24.3 Å². The molecule has 34 heavy (non-hydrogen) atoms. The number of carbonyl (C=O) groups is 1. The second-order valence-electron chi connectivity index (χ2n) is 8.67. The molecule has 0 saturated heterocycles. The number of aromatic nitrogens is 4. The van der Waals surface area contributed by atoms with Gasteiger partial charge in [-0.15, -0.1) is 0 Å². The number of benzene rings is 1. The quantitative estimate of drug-likeness (QED) is 0.475. The third kappa shape index (κ3) is 4.10. The number of nitrogens with zero attached hydrogens (tertiary/aromatic N) is 5. The minimum absolute atomic E-state index is 0.269. The number of carbonyl (C=O) groups excluding carboxylic acids is 1. The second kappa shape index (κ2) is 8.83. The highest BCUT2D eigenvalue weighted by Gasteiger charge is 2.23. The van der Waals surface area contributed by atoms with Crippen LogP contribution in [0.2, 0.25) is 0 Å². The Balaban J connectivity index is 1.64. The fourth-order valence-corrected chi connectivity index (χ4v) is 4.51. The number of amides is 1. The molecule has 1 aliphatic heterocycles. The Kier molecular flexibility index (Phi) is 5.70. The van der Waals surface area contributed by atoms with E-state index in [2.05, 4.69) is 22.2 Å². The van der Waals surface area contributed by atoms with Crippen LogP contribution in [0.4, 0.5) is 10.2 Å². The molecule has 1 aromatic carbocycles. The Morgan fingerprint density at radius 2 is 2.06 bits per heavy atom. The zero-order valence-corrected chi connectivity index (χ0v) is 19.2. The molecule has 0 spiro atoms. The molecule has 174 valence electrons. The molecule has 0 atom stereocenters. The highest BCUT2D eigenvalue weighted by atomic mass is 19.1. The number of nitrogens with one attached hydrogen (secondary N) is 1. The lowest BCUT2D eigenvalue weighted by Gasteiger charge is -2.17. The van der Waals surface area contributed by atoms with Crippen molar-refractivity contribution < 1.29 is 9.18 Å². The molecule has 0 saturated carbocycles. The van der Waals surface area contributed by atoms with Gasteiger partial charge in [0.2, 0.25) is 0 Å². The van der Waals surface area contributed by atoms with Gasteiger partial charge >= 0.3 is 0 Å².